The van der Waals surface area contributed by atoms with Gasteiger partial charge in [0, 0.05) is 24.3 Å². The molecule has 0 atom stereocenters. The molecule has 0 aromatic heterocycles. The van der Waals surface area contributed by atoms with Crippen LogP contribution in [0.1, 0.15) is 38.1 Å². The molecule has 0 saturated carbocycles. The average Bonchev–Trinajstić information content (AvgIpc) is 2.62. The predicted molar refractivity (Wildman–Crippen MR) is 111 cm³/mol. The molecule has 2 rings (SSSR count). The Labute approximate surface area is 167 Å². The summed E-state index contributed by atoms with van der Waals surface area (Å²) < 4.78 is 27.5. The lowest BCUT2D eigenvalue weighted by atomic mass is 10.2. The molecule has 7 heteroatoms. The van der Waals surface area contributed by atoms with Gasteiger partial charge >= 0.3 is 0 Å². The van der Waals surface area contributed by atoms with E-state index in [-0.39, 0.29) is 28.4 Å². The van der Waals surface area contributed by atoms with E-state index in [0.717, 1.165) is 0 Å². The number of carbonyl (C=O) groups is 1. The van der Waals surface area contributed by atoms with Crippen molar-refractivity contribution in [3.8, 4) is 5.75 Å². The summed E-state index contributed by atoms with van der Waals surface area (Å²) in [5.74, 6) is 0.184. The van der Waals surface area contributed by atoms with Gasteiger partial charge in [0.15, 0.2) is 0 Å². The molecule has 152 valence electrons. The van der Waals surface area contributed by atoms with Crippen molar-refractivity contribution in [2.75, 3.05) is 18.4 Å². The Morgan fingerprint density at radius 3 is 1.89 bits per heavy atom. The summed E-state index contributed by atoms with van der Waals surface area (Å²) in [7, 11) is -3.62. The fourth-order valence-corrected chi connectivity index (χ4v) is 4.53. The highest BCUT2D eigenvalue weighted by atomic mass is 32.2. The number of phenolic OH excluding ortho intramolecular Hbond substituents is 1. The lowest BCUT2D eigenvalue weighted by Gasteiger charge is -2.25. The number of carbonyl (C=O) groups excluding carboxylic acids is 1. The minimum absolute atomic E-state index is 0.111. The summed E-state index contributed by atoms with van der Waals surface area (Å²) in [6, 6.07) is 12.1. The van der Waals surface area contributed by atoms with E-state index >= 15 is 0 Å². The van der Waals surface area contributed by atoms with E-state index in [2.05, 4.69) is 5.32 Å². The Hall–Kier alpha value is -2.38. The van der Waals surface area contributed by atoms with Crippen LogP contribution < -0.4 is 5.32 Å². The zero-order chi connectivity index (χ0) is 20.9. The first-order valence-corrected chi connectivity index (χ1v) is 10.7. The van der Waals surface area contributed by atoms with Crippen LogP contribution in [0, 0.1) is 11.8 Å². The van der Waals surface area contributed by atoms with Gasteiger partial charge in [-0.3, -0.25) is 4.79 Å². The molecular weight excluding hydrogens is 376 g/mol. The first-order chi connectivity index (χ1) is 13.1. The number of aromatic hydroxyl groups is 1. The minimum Gasteiger partial charge on any atom is -0.508 e. The standard InChI is InChI=1S/C21H28N2O4S/c1-15(2)13-23(14-16(3)4)28(26,27)20-11-5-17(6-12-20)21(25)22-18-7-9-19(24)10-8-18/h5-12,15-16,24H,13-14H2,1-4H3,(H,22,25). The Bertz CT molecular complexity index is 879. The van der Waals surface area contributed by atoms with Gasteiger partial charge in [-0.25, -0.2) is 8.42 Å². The molecule has 2 N–H and O–H groups in total. The van der Waals surface area contributed by atoms with Gasteiger partial charge in [-0.1, -0.05) is 27.7 Å². The van der Waals surface area contributed by atoms with Gasteiger partial charge in [0.1, 0.15) is 5.75 Å². The maximum Gasteiger partial charge on any atom is 0.255 e. The molecule has 0 fully saturated rings. The molecule has 0 aliphatic carbocycles. The third kappa shape index (κ3) is 5.81. The van der Waals surface area contributed by atoms with E-state index in [1.54, 1.807) is 12.1 Å². The van der Waals surface area contributed by atoms with Crippen LogP contribution in [0.15, 0.2) is 53.4 Å². The van der Waals surface area contributed by atoms with Crippen LogP contribution in [0.3, 0.4) is 0 Å². The molecule has 0 unspecified atom stereocenters. The zero-order valence-electron chi connectivity index (χ0n) is 16.7. The van der Waals surface area contributed by atoms with Crippen molar-refractivity contribution in [1.82, 2.24) is 4.31 Å². The fourth-order valence-electron chi connectivity index (χ4n) is 2.76. The Balaban J connectivity index is 2.19. The predicted octanol–water partition coefficient (Wildman–Crippen LogP) is 3.95. The molecule has 0 spiro atoms. The Kier molecular flexibility index (Phi) is 7.21. The summed E-state index contributed by atoms with van der Waals surface area (Å²) in [5, 5.41) is 12.0. The molecule has 2 aromatic carbocycles. The normalized spacial score (nSPS) is 12.0. The van der Waals surface area contributed by atoms with E-state index in [0.29, 0.717) is 24.3 Å². The topological polar surface area (TPSA) is 86.7 Å². The van der Waals surface area contributed by atoms with Crippen molar-refractivity contribution in [2.24, 2.45) is 11.8 Å². The van der Waals surface area contributed by atoms with Crippen LogP contribution >= 0.6 is 0 Å². The highest BCUT2D eigenvalue weighted by molar-refractivity contribution is 7.89. The van der Waals surface area contributed by atoms with Gasteiger partial charge in [0.05, 0.1) is 4.90 Å². The largest absolute Gasteiger partial charge is 0.508 e. The molecule has 0 radical (unpaired) electrons. The number of amides is 1. The highest BCUT2D eigenvalue weighted by Crippen LogP contribution is 2.20. The first kappa shape index (κ1) is 21.9. The lowest BCUT2D eigenvalue weighted by molar-refractivity contribution is 0.102. The number of hydrogen-bond donors (Lipinski definition) is 2. The van der Waals surface area contributed by atoms with E-state index < -0.39 is 10.0 Å². The van der Waals surface area contributed by atoms with Crippen molar-refractivity contribution in [3.63, 3.8) is 0 Å². The van der Waals surface area contributed by atoms with Crippen molar-refractivity contribution < 1.29 is 18.3 Å². The number of anilines is 1. The second kappa shape index (κ2) is 9.21. The average molecular weight is 405 g/mol. The fraction of sp³-hybridized carbons (Fsp3) is 0.381. The molecule has 28 heavy (non-hydrogen) atoms. The molecule has 0 bridgehead atoms. The highest BCUT2D eigenvalue weighted by Gasteiger charge is 2.26. The van der Waals surface area contributed by atoms with Crippen LogP contribution in [-0.2, 0) is 10.0 Å². The number of phenols is 1. The molecule has 1 amide bonds. The van der Waals surface area contributed by atoms with E-state index in [1.807, 2.05) is 27.7 Å². The van der Waals surface area contributed by atoms with Crippen molar-refractivity contribution in [1.29, 1.82) is 0 Å². The maximum atomic E-state index is 13.0. The second-order valence-electron chi connectivity index (χ2n) is 7.64. The first-order valence-electron chi connectivity index (χ1n) is 9.30. The quantitative estimate of drug-likeness (QED) is 0.652. The molecule has 0 aliphatic heterocycles. The number of rotatable bonds is 8. The number of nitrogens with one attached hydrogen (secondary N) is 1. The summed E-state index contributed by atoms with van der Waals surface area (Å²) in [6.07, 6.45) is 0. The van der Waals surface area contributed by atoms with Crippen LogP contribution in [-0.4, -0.2) is 36.8 Å². The van der Waals surface area contributed by atoms with Crippen LogP contribution in [0.2, 0.25) is 0 Å². The zero-order valence-corrected chi connectivity index (χ0v) is 17.5. The number of hydrogen-bond acceptors (Lipinski definition) is 4. The minimum atomic E-state index is -3.62. The molecule has 6 nitrogen and oxygen atoms in total. The number of sulfonamides is 1. The van der Waals surface area contributed by atoms with Crippen LogP contribution in [0.5, 0.6) is 5.75 Å². The lowest BCUT2D eigenvalue weighted by Crippen LogP contribution is -2.37. The van der Waals surface area contributed by atoms with Gasteiger partial charge in [-0.05, 0) is 60.4 Å². The summed E-state index contributed by atoms with van der Waals surface area (Å²) in [5.41, 5.74) is 0.894. The monoisotopic (exact) mass is 404 g/mol. The van der Waals surface area contributed by atoms with Gasteiger partial charge in [-0.2, -0.15) is 4.31 Å². The molecule has 0 aliphatic rings. The van der Waals surface area contributed by atoms with Gasteiger partial charge in [0.2, 0.25) is 10.0 Å². The maximum absolute atomic E-state index is 13.0. The van der Waals surface area contributed by atoms with E-state index in [9.17, 15) is 18.3 Å². The molecule has 0 saturated heterocycles. The Morgan fingerprint density at radius 2 is 1.43 bits per heavy atom. The molecular formula is C21H28N2O4S. The van der Waals surface area contributed by atoms with Gasteiger partial charge in [-0.15, -0.1) is 0 Å². The number of benzene rings is 2. The van der Waals surface area contributed by atoms with E-state index in [1.165, 1.54) is 40.7 Å². The second-order valence-corrected chi connectivity index (χ2v) is 9.57. The molecule has 2 aromatic rings. The van der Waals surface area contributed by atoms with Crippen molar-refractivity contribution >= 4 is 21.6 Å². The SMILES string of the molecule is CC(C)CN(CC(C)C)S(=O)(=O)c1ccc(C(=O)Nc2ccc(O)cc2)cc1. The van der Waals surface area contributed by atoms with Crippen molar-refractivity contribution in [2.45, 2.75) is 32.6 Å². The molecule has 0 heterocycles. The summed E-state index contributed by atoms with van der Waals surface area (Å²) in [4.78, 5) is 12.5. The van der Waals surface area contributed by atoms with Crippen molar-refractivity contribution in [3.05, 3.63) is 54.1 Å². The smallest absolute Gasteiger partial charge is 0.255 e. The Morgan fingerprint density at radius 1 is 0.929 bits per heavy atom. The third-order valence-corrected chi connectivity index (χ3v) is 5.86. The van der Waals surface area contributed by atoms with Gasteiger partial charge < -0.3 is 10.4 Å². The summed E-state index contributed by atoms with van der Waals surface area (Å²) in [6.45, 7) is 8.84. The number of nitrogens with zero attached hydrogens (tertiary/aromatic N) is 1. The van der Waals surface area contributed by atoms with E-state index in [4.69, 9.17) is 0 Å². The van der Waals surface area contributed by atoms with Crippen LogP contribution in [0.25, 0.3) is 0 Å². The summed E-state index contributed by atoms with van der Waals surface area (Å²) >= 11 is 0. The van der Waals surface area contributed by atoms with Gasteiger partial charge in [0.25, 0.3) is 5.91 Å². The van der Waals surface area contributed by atoms with Crippen LogP contribution in [0.4, 0.5) is 5.69 Å². The third-order valence-electron chi connectivity index (χ3n) is 4.02.